The lowest BCUT2D eigenvalue weighted by molar-refractivity contribution is 0.491. The molecule has 0 amide bonds. The van der Waals surface area contributed by atoms with Gasteiger partial charge in [-0.3, -0.25) is 0 Å². The van der Waals surface area contributed by atoms with Crippen molar-refractivity contribution in [3.05, 3.63) is 28.8 Å². The van der Waals surface area contributed by atoms with E-state index >= 15 is 0 Å². The summed E-state index contributed by atoms with van der Waals surface area (Å²) in [5.41, 5.74) is 2.59. The quantitative estimate of drug-likeness (QED) is 0.779. The molecule has 1 aromatic carbocycles. The molecule has 0 bridgehead atoms. The Hall–Kier alpha value is -0.730. The van der Waals surface area contributed by atoms with Gasteiger partial charge in [0.15, 0.2) is 0 Å². The first-order chi connectivity index (χ1) is 9.65. The molecule has 0 saturated carbocycles. The molecule has 2 nitrogen and oxygen atoms in total. The van der Waals surface area contributed by atoms with Gasteiger partial charge in [0.25, 0.3) is 0 Å². The minimum atomic E-state index is 0.651. The first kappa shape index (κ1) is 15.7. The lowest BCUT2D eigenvalue weighted by Gasteiger charge is -2.32. The minimum absolute atomic E-state index is 0.651. The van der Waals surface area contributed by atoms with Crippen LogP contribution in [0.3, 0.4) is 0 Å². The van der Waals surface area contributed by atoms with E-state index in [0.29, 0.717) is 12.0 Å². The fourth-order valence-electron chi connectivity index (χ4n) is 3.17. The van der Waals surface area contributed by atoms with Gasteiger partial charge in [0.2, 0.25) is 0 Å². The van der Waals surface area contributed by atoms with Crippen molar-refractivity contribution < 1.29 is 0 Å². The number of nitrogens with one attached hydrogen (secondary N) is 1. The van der Waals surface area contributed by atoms with Gasteiger partial charge in [0, 0.05) is 35.4 Å². The Morgan fingerprint density at radius 3 is 2.90 bits per heavy atom. The van der Waals surface area contributed by atoms with E-state index in [1.54, 1.807) is 0 Å². The lowest BCUT2D eigenvalue weighted by atomic mass is 10.0. The zero-order valence-corrected chi connectivity index (χ0v) is 13.7. The van der Waals surface area contributed by atoms with E-state index in [1.165, 1.54) is 24.1 Å². The van der Waals surface area contributed by atoms with Gasteiger partial charge in [0.1, 0.15) is 0 Å². The molecular weight excluding hydrogens is 268 g/mol. The fraction of sp³-hybridized carbons (Fsp3) is 0.647. The van der Waals surface area contributed by atoms with Crippen LogP contribution in [0.25, 0.3) is 0 Å². The second-order valence-corrected chi connectivity index (χ2v) is 6.47. The first-order valence-corrected chi connectivity index (χ1v) is 8.27. The van der Waals surface area contributed by atoms with Crippen molar-refractivity contribution in [1.82, 2.24) is 5.32 Å². The monoisotopic (exact) mass is 294 g/mol. The van der Waals surface area contributed by atoms with Crippen LogP contribution in [0, 0.1) is 5.92 Å². The molecule has 1 aromatic rings. The summed E-state index contributed by atoms with van der Waals surface area (Å²) in [4.78, 5) is 2.57. The maximum Gasteiger partial charge on any atom is 0.0471 e. The van der Waals surface area contributed by atoms with Gasteiger partial charge in [-0.15, -0.1) is 0 Å². The average Bonchev–Trinajstić information content (AvgIpc) is 2.90. The Bertz CT molecular complexity index is 431. The van der Waals surface area contributed by atoms with E-state index in [0.717, 1.165) is 31.1 Å². The highest BCUT2D eigenvalue weighted by Gasteiger charge is 2.28. The van der Waals surface area contributed by atoms with Gasteiger partial charge in [0.05, 0.1) is 0 Å². The number of rotatable bonds is 6. The highest BCUT2D eigenvalue weighted by molar-refractivity contribution is 6.31. The summed E-state index contributed by atoms with van der Waals surface area (Å²) in [6.07, 6.45) is 3.74. The maximum atomic E-state index is 6.45. The number of anilines is 1. The summed E-state index contributed by atoms with van der Waals surface area (Å²) in [5.74, 6) is 0.688. The molecule has 1 heterocycles. The topological polar surface area (TPSA) is 15.3 Å². The van der Waals surface area contributed by atoms with Crippen molar-refractivity contribution in [3.8, 4) is 0 Å². The predicted molar refractivity (Wildman–Crippen MR) is 88.7 cm³/mol. The van der Waals surface area contributed by atoms with Gasteiger partial charge >= 0.3 is 0 Å². The Kier molecular flexibility index (Phi) is 5.74. The smallest absolute Gasteiger partial charge is 0.0471 e. The van der Waals surface area contributed by atoms with E-state index in [4.69, 9.17) is 11.6 Å². The van der Waals surface area contributed by atoms with Crippen molar-refractivity contribution in [1.29, 1.82) is 0 Å². The molecule has 112 valence electrons. The van der Waals surface area contributed by atoms with Crippen LogP contribution in [0.1, 0.15) is 45.6 Å². The number of hydrogen-bond acceptors (Lipinski definition) is 2. The number of nitrogens with zero attached hydrogens (tertiary/aromatic N) is 1. The van der Waals surface area contributed by atoms with E-state index in [-0.39, 0.29) is 0 Å². The van der Waals surface area contributed by atoms with Crippen LogP contribution in [0.15, 0.2) is 18.2 Å². The van der Waals surface area contributed by atoms with Crippen molar-refractivity contribution in [2.75, 3.05) is 18.0 Å². The molecule has 0 aliphatic carbocycles. The normalized spacial score (nSPS) is 19.1. The standard InChI is InChI=1S/C17H27ClN2/c1-4-10-19-12-14-15(18)7-5-8-17(14)20-11-6-9-16(20)13(2)3/h5,7-8,13,16,19H,4,6,9-12H2,1-3H3. The molecule has 1 atom stereocenters. The van der Waals surface area contributed by atoms with Crippen molar-refractivity contribution in [2.24, 2.45) is 5.92 Å². The minimum Gasteiger partial charge on any atom is -0.368 e. The molecule has 1 aliphatic rings. The zero-order valence-electron chi connectivity index (χ0n) is 13.0. The van der Waals surface area contributed by atoms with Crippen LogP contribution in [-0.4, -0.2) is 19.1 Å². The molecule has 20 heavy (non-hydrogen) atoms. The van der Waals surface area contributed by atoms with Crippen LogP contribution >= 0.6 is 11.6 Å². The van der Waals surface area contributed by atoms with Crippen LogP contribution < -0.4 is 10.2 Å². The molecule has 1 fully saturated rings. The second kappa shape index (κ2) is 7.33. The first-order valence-electron chi connectivity index (χ1n) is 7.90. The van der Waals surface area contributed by atoms with Crippen LogP contribution in [-0.2, 0) is 6.54 Å². The number of benzene rings is 1. The summed E-state index contributed by atoms with van der Waals surface area (Å²) in [5, 5.41) is 4.38. The third kappa shape index (κ3) is 3.48. The SMILES string of the molecule is CCCNCc1c(Cl)cccc1N1CCCC1C(C)C. The largest absolute Gasteiger partial charge is 0.368 e. The van der Waals surface area contributed by atoms with Crippen LogP contribution in [0.2, 0.25) is 5.02 Å². The predicted octanol–water partition coefficient (Wildman–Crippen LogP) is 4.46. The second-order valence-electron chi connectivity index (χ2n) is 6.06. The maximum absolute atomic E-state index is 6.45. The summed E-state index contributed by atoms with van der Waals surface area (Å²) in [7, 11) is 0. The Morgan fingerprint density at radius 2 is 2.20 bits per heavy atom. The van der Waals surface area contributed by atoms with Gasteiger partial charge in [-0.25, -0.2) is 0 Å². The van der Waals surface area contributed by atoms with Crippen LogP contribution in [0.5, 0.6) is 0 Å². The summed E-state index contributed by atoms with van der Waals surface area (Å²) < 4.78 is 0. The molecule has 1 unspecified atom stereocenters. The van der Waals surface area contributed by atoms with Gasteiger partial charge < -0.3 is 10.2 Å². The number of hydrogen-bond donors (Lipinski definition) is 1. The van der Waals surface area contributed by atoms with Crippen molar-refractivity contribution >= 4 is 17.3 Å². The zero-order chi connectivity index (χ0) is 14.5. The van der Waals surface area contributed by atoms with E-state index in [2.05, 4.69) is 43.1 Å². The van der Waals surface area contributed by atoms with Gasteiger partial charge in [-0.1, -0.05) is 38.4 Å². The number of halogens is 1. The molecule has 1 aliphatic heterocycles. The van der Waals surface area contributed by atoms with Crippen molar-refractivity contribution in [3.63, 3.8) is 0 Å². The Balaban J connectivity index is 2.23. The fourth-order valence-corrected chi connectivity index (χ4v) is 3.40. The van der Waals surface area contributed by atoms with Crippen LogP contribution in [0.4, 0.5) is 5.69 Å². The molecule has 3 heteroatoms. The summed E-state index contributed by atoms with van der Waals surface area (Å²) in [6, 6.07) is 6.97. The molecule has 0 aromatic heterocycles. The van der Waals surface area contributed by atoms with Crippen molar-refractivity contribution in [2.45, 2.75) is 52.6 Å². The average molecular weight is 295 g/mol. The third-order valence-corrected chi connectivity index (χ3v) is 4.56. The molecule has 1 N–H and O–H groups in total. The highest BCUT2D eigenvalue weighted by Crippen LogP contribution is 2.34. The van der Waals surface area contributed by atoms with Gasteiger partial charge in [-0.05, 0) is 43.9 Å². The molecule has 2 rings (SSSR count). The lowest BCUT2D eigenvalue weighted by Crippen LogP contribution is -2.34. The summed E-state index contributed by atoms with van der Waals surface area (Å²) in [6.45, 7) is 9.90. The summed E-state index contributed by atoms with van der Waals surface area (Å²) >= 11 is 6.45. The van der Waals surface area contributed by atoms with E-state index in [9.17, 15) is 0 Å². The third-order valence-electron chi connectivity index (χ3n) is 4.20. The Labute approximate surface area is 128 Å². The van der Waals surface area contributed by atoms with E-state index < -0.39 is 0 Å². The molecule has 1 saturated heterocycles. The van der Waals surface area contributed by atoms with E-state index in [1.807, 2.05) is 6.07 Å². The molecule has 0 radical (unpaired) electrons. The molecule has 0 spiro atoms. The van der Waals surface area contributed by atoms with Gasteiger partial charge in [-0.2, -0.15) is 0 Å². The highest BCUT2D eigenvalue weighted by atomic mass is 35.5. The Morgan fingerprint density at radius 1 is 1.40 bits per heavy atom. The molecular formula is C17H27ClN2.